The number of benzene rings is 9. The van der Waals surface area contributed by atoms with Crippen LogP contribution in [-0.2, 0) is 5.41 Å². The predicted octanol–water partition coefficient (Wildman–Crippen LogP) is 15.7. The van der Waals surface area contributed by atoms with Crippen LogP contribution >= 0.6 is 0 Å². The molecule has 274 valence electrons. The third-order valence-electron chi connectivity index (χ3n) is 12.4. The molecule has 0 amide bonds. The summed E-state index contributed by atoms with van der Waals surface area (Å²) >= 11 is 0. The molecule has 0 saturated carbocycles. The van der Waals surface area contributed by atoms with E-state index in [0.717, 1.165) is 83.2 Å². The van der Waals surface area contributed by atoms with Gasteiger partial charge in [0.05, 0.1) is 16.8 Å². The van der Waals surface area contributed by atoms with Crippen LogP contribution in [0.25, 0.3) is 88.0 Å². The van der Waals surface area contributed by atoms with Gasteiger partial charge in [-0.05, 0) is 92.7 Å². The Hall–Kier alpha value is -7.36. The monoisotopic (exact) mass is 743 g/mol. The quantitative estimate of drug-likeness (QED) is 0.176. The highest BCUT2D eigenvalue weighted by molar-refractivity contribution is 6.26. The van der Waals surface area contributed by atoms with Crippen molar-refractivity contribution in [3.05, 3.63) is 199 Å². The number of hydrogen-bond acceptors (Lipinski definition) is 3. The summed E-state index contributed by atoms with van der Waals surface area (Å²) in [5.41, 5.74) is 16.1. The molecule has 0 fully saturated rings. The second-order valence-electron chi connectivity index (χ2n) is 16.0. The van der Waals surface area contributed by atoms with Gasteiger partial charge in [-0.25, -0.2) is 0 Å². The fraction of sp³-hybridized carbons (Fsp3) is 0.0545. The lowest BCUT2D eigenvalue weighted by molar-refractivity contribution is 0.660. The van der Waals surface area contributed by atoms with Crippen LogP contribution in [0, 0.1) is 0 Å². The van der Waals surface area contributed by atoms with Gasteiger partial charge in [0.2, 0.25) is 0 Å². The van der Waals surface area contributed by atoms with Crippen molar-refractivity contribution >= 4 is 71.7 Å². The van der Waals surface area contributed by atoms with Gasteiger partial charge in [-0.2, -0.15) is 0 Å². The van der Waals surface area contributed by atoms with Crippen LogP contribution < -0.4 is 4.90 Å². The average Bonchev–Trinajstić information content (AvgIpc) is 3.91. The van der Waals surface area contributed by atoms with Crippen molar-refractivity contribution in [1.82, 2.24) is 0 Å². The van der Waals surface area contributed by atoms with Gasteiger partial charge in [0, 0.05) is 38.4 Å². The van der Waals surface area contributed by atoms with Gasteiger partial charge in [0.25, 0.3) is 0 Å². The summed E-state index contributed by atoms with van der Waals surface area (Å²) in [6, 6.07) is 67.6. The van der Waals surface area contributed by atoms with Crippen LogP contribution in [0.1, 0.15) is 25.0 Å². The highest BCUT2D eigenvalue weighted by Crippen LogP contribution is 2.53. The van der Waals surface area contributed by atoms with Crippen molar-refractivity contribution in [3.63, 3.8) is 0 Å². The molecule has 0 aliphatic heterocycles. The first kappa shape index (κ1) is 32.8. The topological polar surface area (TPSA) is 29.5 Å². The number of anilines is 3. The van der Waals surface area contributed by atoms with Gasteiger partial charge in [-0.3, -0.25) is 0 Å². The van der Waals surface area contributed by atoms with E-state index >= 15 is 0 Å². The van der Waals surface area contributed by atoms with Crippen LogP contribution in [0.4, 0.5) is 17.1 Å². The summed E-state index contributed by atoms with van der Waals surface area (Å²) in [6.07, 6.45) is 0. The first-order chi connectivity index (χ1) is 28.5. The standard InChI is InChI=1S/C55H37NO2/c1-55(2)44-22-11-8-20-40(44)41-30-29-38(32-45(41)55)56(46-23-12-9-19-39(46)35-16-4-3-5-17-35)47-24-14-26-49-52(47)43-33-50-53(42-21-10-13-25-48(42)57-50)51(54(43)58-49)37-28-27-34-15-6-7-18-36(34)31-37/h3-33H,1-2H3. The molecule has 0 saturated heterocycles. The molecule has 12 rings (SSSR count). The maximum Gasteiger partial charge on any atom is 0.144 e. The zero-order chi connectivity index (χ0) is 38.5. The third kappa shape index (κ3) is 4.74. The number of hydrogen-bond donors (Lipinski definition) is 0. The number of para-hydroxylation sites is 2. The number of furan rings is 2. The van der Waals surface area contributed by atoms with Crippen molar-refractivity contribution < 1.29 is 8.83 Å². The van der Waals surface area contributed by atoms with E-state index in [9.17, 15) is 0 Å². The highest BCUT2D eigenvalue weighted by Gasteiger charge is 2.36. The molecule has 9 aromatic carbocycles. The Balaban J connectivity index is 1.18. The average molecular weight is 744 g/mol. The van der Waals surface area contributed by atoms with Crippen molar-refractivity contribution in [1.29, 1.82) is 0 Å². The smallest absolute Gasteiger partial charge is 0.144 e. The van der Waals surface area contributed by atoms with Crippen molar-refractivity contribution in [2.45, 2.75) is 19.3 Å². The van der Waals surface area contributed by atoms with Gasteiger partial charge in [0.1, 0.15) is 22.3 Å². The number of nitrogens with zero attached hydrogens (tertiary/aromatic N) is 1. The van der Waals surface area contributed by atoms with Gasteiger partial charge in [0.15, 0.2) is 0 Å². The molecule has 2 aromatic heterocycles. The second-order valence-corrected chi connectivity index (χ2v) is 16.0. The maximum absolute atomic E-state index is 7.13. The Morgan fingerprint density at radius 2 is 1.12 bits per heavy atom. The summed E-state index contributed by atoms with van der Waals surface area (Å²) in [5, 5.41) is 6.56. The summed E-state index contributed by atoms with van der Waals surface area (Å²) < 4.78 is 13.9. The number of fused-ring (bicyclic) bond motifs is 10. The minimum Gasteiger partial charge on any atom is -0.456 e. The Bertz CT molecular complexity index is 3440. The minimum atomic E-state index is -0.164. The Labute approximate surface area is 336 Å². The molecular weight excluding hydrogens is 707 g/mol. The maximum atomic E-state index is 7.13. The van der Waals surface area contributed by atoms with Gasteiger partial charge >= 0.3 is 0 Å². The van der Waals surface area contributed by atoms with E-state index in [1.54, 1.807) is 0 Å². The summed E-state index contributed by atoms with van der Waals surface area (Å²) in [5.74, 6) is 0. The van der Waals surface area contributed by atoms with Crippen LogP contribution in [0.15, 0.2) is 197 Å². The van der Waals surface area contributed by atoms with Crippen LogP contribution in [0.2, 0.25) is 0 Å². The summed E-state index contributed by atoms with van der Waals surface area (Å²) in [4.78, 5) is 2.44. The SMILES string of the molecule is CC1(C)c2ccccc2-c2ccc(N(c3ccccc3-c3ccccc3)c3cccc4oc5c(-c6ccc7ccccc7c6)c6c(cc5c34)oc3ccccc36)cc21. The van der Waals surface area contributed by atoms with E-state index in [1.165, 1.54) is 33.0 Å². The van der Waals surface area contributed by atoms with E-state index in [1.807, 2.05) is 6.07 Å². The van der Waals surface area contributed by atoms with Gasteiger partial charge in [-0.1, -0.05) is 153 Å². The van der Waals surface area contributed by atoms with Crippen molar-refractivity contribution in [3.8, 4) is 33.4 Å². The largest absolute Gasteiger partial charge is 0.456 e. The van der Waals surface area contributed by atoms with Crippen LogP contribution in [0.5, 0.6) is 0 Å². The molecule has 2 heterocycles. The lowest BCUT2D eigenvalue weighted by atomic mass is 9.82. The molecule has 0 atom stereocenters. The van der Waals surface area contributed by atoms with E-state index in [-0.39, 0.29) is 5.41 Å². The molecule has 0 bridgehead atoms. The fourth-order valence-electron chi connectivity index (χ4n) is 9.72. The Morgan fingerprint density at radius 3 is 2.02 bits per heavy atom. The molecule has 0 spiro atoms. The lowest BCUT2D eigenvalue weighted by Gasteiger charge is -2.30. The van der Waals surface area contributed by atoms with Crippen molar-refractivity contribution in [2.24, 2.45) is 0 Å². The molecule has 1 aliphatic carbocycles. The van der Waals surface area contributed by atoms with Gasteiger partial charge in [-0.15, -0.1) is 0 Å². The first-order valence-electron chi connectivity index (χ1n) is 20.0. The normalized spacial score (nSPS) is 13.1. The van der Waals surface area contributed by atoms with E-state index < -0.39 is 0 Å². The minimum absolute atomic E-state index is 0.164. The summed E-state index contributed by atoms with van der Waals surface area (Å²) in [7, 11) is 0. The van der Waals surface area contributed by atoms with E-state index in [2.05, 4.69) is 201 Å². The molecule has 0 N–H and O–H groups in total. The Kier molecular flexibility index (Phi) is 6.98. The zero-order valence-electron chi connectivity index (χ0n) is 32.2. The first-order valence-corrected chi connectivity index (χ1v) is 20.0. The highest BCUT2D eigenvalue weighted by atomic mass is 16.3. The molecule has 0 radical (unpaired) electrons. The molecule has 11 aromatic rings. The van der Waals surface area contributed by atoms with Crippen LogP contribution in [-0.4, -0.2) is 0 Å². The fourth-order valence-corrected chi connectivity index (χ4v) is 9.72. The molecule has 3 heteroatoms. The summed E-state index contributed by atoms with van der Waals surface area (Å²) in [6.45, 7) is 4.70. The third-order valence-corrected chi connectivity index (χ3v) is 12.4. The van der Waals surface area contributed by atoms with E-state index in [0.29, 0.717) is 0 Å². The van der Waals surface area contributed by atoms with Crippen molar-refractivity contribution in [2.75, 3.05) is 4.90 Å². The second kappa shape index (κ2) is 12.3. The number of rotatable bonds is 5. The molecule has 1 aliphatic rings. The predicted molar refractivity (Wildman–Crippen MR) is 242 cm³/mol. The lowest BCUT2D eigenvalue weighted by Crippen LogP contribution is -2.17. The molecule has 3 nitrogen and oxygen atoms in total. The molecular formula is C55H37NO2. The van der Waals surface area contributed by atoms with Crippen LogP contribution in [0.3, 0.4) is 0 Å². The van der Waals surface area contributed by atoms with Gasteiger partial charge < -0.3 is 13.7 Å². The van der Waals surface area contributed by atoms with E-state index in [4.69, 9.17) is 8.83 Å². The zero-order valence-corrected chi connectivity index (χ0v) is 32.2. The molecule has 58 heavy (non-hydrogen) atoms. The molecule has 0 unspecified atom stereocenters. The Morgan fingerprint density at radius 1 is 0.414 bits per heavy atom.